The van der Waals surface area contributed by atoms with Crippen molar-refractivity contribution in [3.8, 4) is 0 Å². The number of nitrogens with one attached hydrogen (secondary N) is 2. The number of carbonyl (C=O) groups is 2. The fraction of sp³-hybridized carbons (Fsp3) is 0.286. The molecule has 0 saturated carbocycles. The number of nitrogens with zero attached hydrogens (tertiary/aromatic N) is 1. The molecule has 0 fully saturated rings. The molecule has 146 valence electrons. The van der Waals surface area contributed by atoms with Gasteiger partial charge in [0.1, 0.15) is 0 Å². The van der Waals surface area contributed by atoms with Gasteiger partial charge in [-0.3, -0.25) is 9.59 Å². The molecule has 0 aliphatic heterocycles. The van der Waals surface area contributed by atoms with Crippen LogP contribution in [0.1, 0.15) is 35.2 Å². The Balaban J connectivity index is 1.43. The molecule has 1 amide bonds. The molecule has 28 heavy (non-hydrogen) atoms. The van der Waals surface area contributed by atoms with Crippen LogP contribution in [0.25, 0.3) is 11.0 Å². The molecule has 3 rings (SSSR count). The van der Waals surface area contributed by atoms with Crippen molar-refractivity contribution in [2.45, 2.75) is 30.2 Å². The number of para-hydroxylation sites is 2. The van der Waals surface area contributed by atoms with Crippen LogP contribution in [0.15, 0.2) is 53.7 Å². The van der Waals surface area contributed by atoms with E-state index in [1.54, 1.807) is 11.8 Å². The Kier molecular flexibility index (Phi) is 7.08. The summed E-state index contributed by atoms with van der Waals surface area (Å²) in [6.07, 6.45) is 1.82. The van der Waals surface area contributed by atoms with Crippen LogP contribution in [0.5, 0.6) is 0 Å². The summed E-state index contributed by atoms with van der Waals surface area (Å²) in [6, 6.07) is 15.5. The van der Waals surface area contributed by atoms with Crippen molar-refractivity contribution in [1.82, 2.24) is 15.3 Å². The molecule has 0 aliphatic carbocycles. The van der Waals surface area contributed by atoms with E-state index in [9.17, 15) is 9.59 Å². The summed E-state index contributed by atoms with van der Waals surface area (Å²) >= 11 is 1.63. The molecular weight excluding hydrogens is 374 g/mol. The summed E-state index contributed by atoms with van der Waals surface area (Å²) in [5.74, 6) is 0.451. The molecule has 0 radical (unpaired) electrons. The van der Waals surface area contributed by atoms with Gasteiger partial charge in [-0.2, -0.15) is 0 Å². The van der Waals surface area contributed by atoms with Gasteiger partial charge in [-0.15, -0.1) is 0 Å². The monoisotopic (exact) mass is 397 g/mol. The van der Waals surface area contributed by atoms with Crippen LogP contribution in [-0.4, -0.2) is 35.5 Å². The number of aromatic nitrogens is 2. The predicted octanol–water partition coefficient (Wildman–Crippen LogP) is 3.93. The number of aromatic amines is 1. The van der Waals surface area contributed by atoms with Gasteiger partial charge in [0.25, 0.3) is 5.91 Å². The van der Waals surface area contributed by atoms with Crippen molar-refractivity contribution in [2.75, 3.05) is 13.7 Å². The van der Waals surface area contributed by atoms with E-state index in [-0.39, 0.29) is 11.9 Å². The van der Waals surface area contributed by atoms with Crippen molar-refractivity contribution in [3.63, 3.8) is 0 Å². The van der Waals surface area contributed by atoms with E-state index in [1.807, 2.05) is 48.5 Å². The molecule has 0 bridgehead atoms. The SMILES string of the molecule is COC(=O)CCCCNC(=O)c1ccc(CSc2nc3ccccc3[nH]2)cc1. The Morgan fingerprint density at radius 3 is 2.64 bits per heavy atom. The summed E-state index contributed by atoms with van der Waals surface area (Å²) < 4.78 is 4.59. The van der Waals surface area contributed by atoms with Gasteiger partial charge in [0.15, 0.2) is 5.16 Å². The van der Waals surface area contributed by atoms with E-state index >= 15 is 0 Å². The number of imidazole rings is 1. The minimum atomic E-state index is -0.220. The molecule has 0 unspecified atom stereocenters. The second kappa shape index (κ2) is 9.94. The van der Waals surface area contributed by atoms with Crippen LogP contribution in [0, 0.1) is 0 Å². The number of ether oxygens (including phenoxy) is 1. The van der Waals surface area contributed by atoms with Gasteiger partial charge in [0.2, 0.25) is 0 Å². The molecule has 2 aromatic carbocycles. The number of hydrogen-bond donors (Lipinski definition) is 2. The maximum Gasteiger partial charge on any atom is 0.305 e. The first-order chi connectivity index (χ1) is 13.7. The smallest absolute Gasteiger partial charge is 0.305 e. The van der Waals surface area contributed by atoms with Gasteiger partial charge in [-0.25, -0.2) is 4.98 Å². The first-order valence-corrected chi connectivity index (χ1v) is 10.2. The van der Waals surface area contributed by atoms with E-state index in [2.05, 4.69) is 20.0 Å². The highest BCUT2D eigenvalue weighted by atomic mass is 32.2. The molecule has 7 heteroatoms. The fourth-order valence-corrected chi connectivity index (χ4v) is 3.54. The van der Waals surface area contributed by atoms with Crippen LogP contribution in [-0.2, 0) is 15.3 Å². The summed E-state index contributed by atoms with van der Waals surface area (Å²) in [7, 11) is 1.38. The first kappa shape index (κ1) is 19.9. The second-order valence-corrected chi connectivity index (χ2v) is 7.30. The van der Waals surface area contributed by atoms with Crippen LogP contribution in [0.4, 0.5) is 0 Å². The molecular formula is C21H23N3O3S. The lowest BCUT2D eigenvalue weighted by Crippen LogP contribution is -2.24. The number of unbranched alkanes of at least 4 members (excludes halogenated alkanes) is 1. The quantitative estimate of drug-likeness (QED) is 0.325. The minimum Gasteiger partial charge on any atom is -0.469 e. The maximum absolute atomic E-state index is 12.2. The zero-order valence-corrected chi connectivity index (χ0v) is 16.6. The Labute approximate surface area is 168 Å². The molecule has 0 spiro atoms. The fourth-order valence-electron chi connectivity index (χ4n) is 2.70. The van der Waals surface area contributed by atoms with Gasteiger partial charge in [-0.1, -0.05) is 36.0 Å². The maximum atomic E-state index is 12.2. The van der Waals surface area contributed by atoms with Gasteiger partial charge >= 0.3 is 5.97 Å². The third-order valence-electron chi connectivity index (χ3n) is 4.28. The number of esters is 1. The predicted molar refractivity (Wildman–Crippen MR) is 110 cm³/mol. The number of methoxy groups -OCH3 is 1. The van der Waals surface area contributed by atoms with Crippen LogP contribution in [0.2, 0.25) is 0 Å². The van der Waals surface area contributed by atoms with Crippen molar-refractivity contribution in [3.05, 3.63) is 59.7 Å². The number of H-pyrrole nitrogens is 1. The number of thioether (sulfide) groups is 1. The van der Waals surface area contributed by atoms with E-state index in [0.29, 0.717) is 24.9 Å². The molecule has 0 atom stereocenters. The molecule has 0 aliphatic rings. The number of benzene rings is 2. The summed E-state index contributed by atoms with van der Waals surface area (Å²) in [4.78, 5) is 31.1. The van der Waals surface area contributed by atoms with Crippen LogP contribution in [0.3, 0.4) is 0 Å². The third kappa shape index (κ3) is 5.60. The Morgan fingerprint density at radius 1 is 1.11 bits per heavy atom. The largest absolute Gasteiger partial charge is 0.469 e. The highest BCUT2D eigenvalue weighted by Gasteiger charge is 2.07. The van der Waals surface area contributed by atoms with Gasteiger partial charge < -0.3 is 15.0 Å². The number of carbonyl (C=O) groups excluding carboxylic acids is 2. The highest BCUT2D eigenvalue weighted by molar-refractivity contribution is 7.98. The van der Waals surface area contributed by atoms with E-state index in [4.69, 9.17) is 0 Å². The summed E-state index contributed by atoms with van der Waals surface area (Å²) in [6.45, 7) is 0.541. The molecule has 2 N–H and O–H groups in total. The van der Waals surface area contributed by atoms with Gasteiger partial charge in [-0.05, 0) is 42.7 Å². The topological polar surface area (TPSA) is 84.1 Å². The minimum absolute atomic E-state index is 0.102. The zero-order chi connectivity index (χ0) is 19.8. The number of rotatable bonds is 9. The third-order valence-corrected chi connectivity index (χ3v) is 5.22. The Hall–Kier alpha value is -2.80. The van der Waals surface area contributed by atoms with Crippen molar-refractivity contribution >= 4 is 34.7 Å². The number of hydrogen-bond acceptors (Lipinski definition) is 5. The Bertz CT molecular complexity index is 904. The molecule has 0 saturated heterocycles. The van der Waals surface area contributed by atoms with Gasteiger partial charge in [0, 0.05) is 24.3 Å². The highest BCUT2D eigenvalue weighted by Crippen LogP contribution is 2.23. The van der Waals surface area contributed by atoms with E-state index in [1.165, 1.54) is 7.11 Å². The van der Waals surface area contributed by atoms with E-state index in [0.717, 1.165) is 33.9 Å². The second-order valence-electron chi connectivity index (χ2n) is 6.33. The molecule has 1 aromatic heterocycles. The Morgan fingerprint density at radius 2 is 1.89 bits per heavy atom. The van der Waals surface area contributed by atoms with Crippen molar-refractivity contribution in [2.24, 2.45) is 0 Å². The van der Waals surface area contributed by atoms with Crippen LogP contribution >= 0.6 is 11.8 Å². The summed E-state index contributed by atoms with van der Waals surface area (Å²) in [5, 5.41) is 3.76. The average molecular weight is 398 g/mol. The molecule has 3 aromatic rings. The van der Waals surface area contributed by atoms with Crippen molar-refractivity contribution < 1.29 is 14.3 Å². The lowest BCUT2D eigenvalue weighted by atomic mass is 10.1. The standard InChI is InChI=1S/C21H23N3O3S/c1-27-19(25)8-4-5-13-22-20(26)16-11-9-15(10-12-16)14-28-21-23-17-6-2-3-7-18(17)24-21/h2-3,6-7,9-12H,4-5,8,13-14H2,1H3,(H,22,26)(H,23,24). The molecule has 1 heterocycles. The van der Waals surface area contributed by atoms with Gasteiger partial charge in [0.05, 0.1) is 18.1 Å². The molecule has 6 nitrogen and oxygen atoms in total. The normalized spacial score (nSPS) is 10.8. The van der Waals surface area contributed by atoms with Crippen molar-refractivity contribution in [1.29, 1.82) is 0 Å². The number of amides is 1. The van der Waals surface area contributed by atoms with E-state index < -0.39 is 0 Å². The lowest BCUT2D eigenvalue weighted by molar-refractivity contribution is -0.140. The number of fused-ring (bicyclic) bond motifs is 1. The summed E-state index contributed by atoms with van der Waals surface area (Å²) in [5.41, 5.74) is 3.75. The van der Waals surface area contributed by atoms with Crippen LogP contribution < -0.4 is 5.32 Å². The first-order valence-electron chi connectivity index (χ1n) is 9.17. The lowest BCUT2D eigenvalue weighted by Gasteiger charge is -2.06. The zero-order valence-electron chi connectivity index (χ0n) is 15.7. The average Bonchev–Trinajstić information content (AvgIpc) is 3.15.